The minimum atomic E-state index is -1.35. The summed E-state index contributed by atoms with van der Waals surface area (Å²) in [5.74, 6) is -1.21. The number of carbonyl (C=O) groups is 1. The molecule has 6 heteroatoms. The second-order valence-electron chi connectivity index (χ2n) is 5.01. The lowest BCUT2D eigenvalue weighted by Crippen LogP contribution is -2.61. The number of nitrogens with one attached hydrogen (secondary N) is 1. The molecule has 0 spiro atoms. The van der Waals surface area contributed by atoms with Crippen LogP contribution in [0.3, 0.4) is 0 Å². The number of rotatable bonds is 1. The summed E-state index contributed by atoms with van der Waals surface area (Å²) in [6, 6.07) is 10.3. The average Bonchev–Trinajstić information content (AvgIpc) is 2.98. The fourth-order valence-electron chi connectivity index (χ4n) is 2.15. The van der Waals surface area contributed by atoms with E-state index >= 15 is 0 Å². The number of fused-ring (bicyclic) bond motifs is 1. The van der Waals surface area contributed by atoms with E-state index in [1.54, 1.807) is 18.2 Å². The van der Waals surface area contributed by atoms with Crippen molar-refractivity contribution >= 4 is 16.9 Å². The van der Waals surface area contributed by atoms with E-state index in [-0.39, 0.29) is 5.70 Å². The molecule has 0 saturated carbocycles. The van der Waals surface area contributed by atoms with E-state index in [1.165, 1.54) is 18.0 Å². The van der Waals surface area contributed by atoms with E-state index in [0.29, 0.717) is 0 Å². The summed E-state index contributed by atoms with van der Waals surface area (Å²) in [7, 11) is 1.28. The van der Waals surface area contributed by atoms with Gasteiger partial charge in [-0.25, -0.2) is 0 Å². The Morgan fingerprint density at radius 2 is 2.00 bits per heavy atom. The maximum atomic E-state index is 11.2. The normalized spacial score (nSPS) is 19.0. The van der Waals surface area contributed by atoms with Gasteiger partial charge in [-0.05, 0) is 23.6 Å². The molecule has 1 unspecified atom stereocenters. The molecule has 0 radical (unpaired) electrons. The number of carbonyl (C=O) groups excluding carboxylic acids is 1. The number of methoxy groups -OCH3 is 1. The predicted octanol–water partition coefficient (Wildman–Crippen LogP) is 0.970. The molecule has 0 fully saturated rings. The number of allylic oxidation sites excluding steroid dienone is 2. The van der Waals surface area contributed by atoms with E-state index in [0.717, 1.165) is 0 Å². The number of esters is 1. The number of ether oxygens (including phenoxy) is 1. The number of hydrogen-bond donors (Lipinski definition) is 4. The summed E-state index contributed by atoms with van der Waals surface area (Å²) in [6.07, 6.45) is 6.72. The highest BCUT2D eigenvalue weighted by molar-refractivity contribution is 5.79. The van der Waals surface area contributed by atoms with E-state index in [2.05, 4.69) is 27.9 Å². The molecule has 1 atom stereocenters. The van der Waals surface area contributed by atoms with Crippen LogP contribution in [0.1, 0.15) is 0 Å². The van der Waals surface area contributed by atoms with Gasteiger partial charge in [-0.15, -0.1) is 0 Å². The first-order chi connectivity index (χ1) is 10.5. The number of aromatic nitrogens is 1. The quantitative estimate of drug-likeness (QED) is 0.462. The monoisotopic (exact) mass is 300 g/mol. The molecule has 1 aliphatic rings. The minimum Gasteiger partial charge on any atom is -0.468 e. The second kappa shape index (κ2) is 6.46. The van der Waals surface area contributed by atoms with Gasteiger partial charge in [0.15, 0.2) is 0 Å². The summed E-state index contributed by atoms with van der Waals surface area (Å²) in [4.78, 5) is 14.3. The van der Waals surface area contributed by atoms with Crippen molar-refractivity contribution in [2.45, 2.75) is 5.66 Å². The number of aromatic amines is 1. The first-order valence-electron chi connectivity index (χ1n) is 6.79. The molecule has 0 aliphatic heterocycles. The van der Waals surface area contributed by atoms with Crippen molar-refractivity contribution in [3.8, 4) is 0 Å². The average molecular weight is 300 g/mol. The van der Waals surface area contributed by atoms with Crippen LogP contribution >= 0.6 is 0 Å². The Morgan fingerprint density at radius 3 is 2.68 bits per heavy atom. The Labute approximate surface area is 128 Å². The summed E-state index contributed by atoms with van der Waals surface area (Å²) < 4.78 is 4.54. The van der Waals surface area contributed by atoms with Crippen molar-refractivity contribution < 1.29 is 9.53 Å². The fraction of sp³-hybridized carbons (Fsp3) is 0.188. The van der Waals surface area contributed by atoms with Gasteiger partial charge in [0, 0.05) is 17.4 Å². The van der Waals surface area contributed by atoms with Crippen LogP contribution in [-0.4, -0.2) is 23.7 Å². The lowest BCUT2D eigenvalue weighted by Gasteiger charge is -2.32. The predicted molar refractivity (Wildman–Crippen MR) is 86.3 cm³/mol. The first kappa shape index (κ1) is 15.8. The van der Waals surface area contributed by atoms with Crippen molar-refractivity contribution in [2.75, 3.05) is 7.11 Å². The molecule has 1 aliphatic carbocycles. The summed E-state index contributed by atoms with van der Waals surface area (Å²) >= 11 is 0. The van der Waals surface area contributed by atoms with Gasteiger partial charge < -0.3 is 26.9 Å². The van der Waals surface area contributed by atoms with E-state index < -0.39 is 17.6 Å². The maximum absolute atomic E-state index is 11.2. The van der Waals surface area contributed by atoms with Crippen molar-refractivity contribution in [1.29, 1.82) is 0 Å². The zero-order valence-electron chi connectivity index (χ0n) is 12.3. The van der Waals surface area contributed by atoms with Crippen LogP contribution < -0.4 is 17.2 Å². The van der Waals surface area contributed by atoms with Crippen molar-refractivity contribution in [1.82, 2.24) is 4.98 Å². The smallest absolute Gasteiger partial charge is 0.316 e. The van der Waals surface area contributed by atoms with Gasteiger partial charge in [-0.1, -0.05) is 30.4 Å². The lowest BCUT2D eigenvalue weighted by atomic mass is 9.87. The topological polar surface area (TPSA) is 120 Å². The van der Waals surface area contributed by atoms with Gasteiger partial charge in [0.05, 0.1) is 7.11 Å². The minimum absolute atomic E-state index is 0.269. The Hall–Kier alpha value is -2.57. The summed E-state index contributed by atoms with van der Waals surface area (Å²) in [6.45, 7) is 0. The Bertz CT molecular complexity index is 686. The Balaban J connectivity index is 0.000000170. The molecule has 3 rings (SSSR count). The first-order valence-corrected chi connectivity index (χ1v) is 6.79. The molecule has 7 N–H and O–H groups in total. The largest absolute Gasteiger partial charge is 0.468 e. The molecule has 0 amide bonds. The lowest BCUT2D eigenvalue weighted by molar-refractivity contribution is -0.145. The molecule has 6 nitrogen and oxygen atoms in total. The molecule has 1 aromatic heterocycles. The standard InChI is InChI=1S/C8H13N3O2.C8H7N/c1-13-7(12)5-3-2-4-6(9)8(5,10)11;1-2-4-8-7(3-1)5-6-9-8/h2-5H,9-11H2,1H3;1-6,9H. The van der Waals surface area contributed by atoms with Crippen molar-refractivity contribution in [3.63, 3.8) is 0 Å². The van der Waals surface area contributed by atoms with Gasteiger partial charge in [0.1, 0.15) is 11.6 Å². The number of nitrogens with two attached hydrogens (primary N) is 3. The van der Waals surface area contributed by atoms with Gasteiger partial charge in [-0.2, -0.15) is 0 Å². The van der Waals surface area contributed by atoms with Crippen LogP contribution in [0.15, 0.2) is 60.5 Å². The molecule has 0 bridgehead atoms. The molecular weight excluding hydrogens is 280 g/mol. The Kier molecular flexibility index (Phi) is 4.65. The highest BCUT2D eigenvalue weighted by Crippen LogP contribution is 2.21. The molecule has 1 heterocycles. The number of hydrogen-bond acceptors (Lipinski definition) is 5. The fourth-order valence-corrected chi connectivity index (χ4v) is 2.15. The van der Waals surface area contributed by atoms with Gasteiger partial charge in [-0.3, -0.25) is 4.79 Å². The van der Waals surface area contributed by atoms with Gasteiger partial charge >= 0.3 is 5.97 Å². The van der Waals surface area contributed by atoms with Crippen molar-refractivity contribution in [3.05, 3.63) is 60.5 Å². The van der Waals surface area contributed by atoms with Crippen LogP contribution in [0.25, 0.3) is 10.9 Å². The molecular formula is C16H20N4O2. The van der Waals surface area contributed by atoms with E-state index in [1.807, 2.05) is 18.3 Å². The van der Waals surface area contributed by atoms with Gasteiger partial charge in [0.25, 0.3) is 0 Å². The van der Waals surface area contributed by atoms with Crippen molar-refractivity contribution in [2.24, 2.45) is 23.1 Å². The molecule has 1 aromatic carbocycles. The third kappa shape index (κ3) is 3.19. The molecule has 2 aromatic rings. The molecule has 22 heavy (non-hydrogen) atoms. The van der Waals surface area contributed by atoms with E-state index in [4.69, 9.17) is 17.2 Å². The Morgan fingerprint density at radius 1 is 1.27 bits per heavy atom. The van der Waals surface area contributed by atoms with Crippen LogP contribution in [0.4, 0.5) is 0 Å². The van der Waals surface area contributed by atoms with E-state index in [9.17, 15) is 4.79 Å². The number of para-hydroxylation sites is 1. The van der Waals surface area contributed by atoms with Gasteiger partial charge in [0.2, 0.25) is 0 Å². The van der Waals surface area contributed by atoms with Crippen LogP contribution in [-0.2, 0) is 9.53 Å². The third-order valence-electron chi connectivity index (χ3n) is 3.51. The molecule has 116 valence electrons. The molecule has 0 saturated heterocycles. The highest BCUT2D eigenvalue weighted by atomic mass is 16.5. The second-order valence-corrected chi connectivity index (χ2v) is 5.01. The van der Waals surface area contributed by atoms with Crippen LogP contribution in [0.5, 0.6) is 0 Å². The van der Waals surface area contributed by atoms with Crippen LogP contribution in [0, 0.1) is 5.92 Å². The number of H-pyrrole nitrogens is 1. The summed E-state index contributed by atoms with van der Waals surface area (Å²) in [5, 5.41) is 1.28. The maximum Gasteiger partial charge on any atom is 0.316 e. The zero-order valence-corrected chi connectivity index (χ0v) is 12.3. The highest BCUT2D eigenvalue weighted by Gasteiger charge is 2.39. The number of benzene rings is 1. The van der Waals surface area contributed by atoms with Crippen LogP contribution in [0.2, 0.25) is 0 Å². The third-order valence-corrected chi connectivity index (χ3v) is 3.51. The zero-order chi connectivity index (χ0) is 16.2. The SMILES string of the molecule is COC(=O)C1C=CC=C(N)C1(N)N.c1ccc2[nH]ccc2c1. The summed E-state index contributed by atoms with van der Waals surface area (Å²) in [5.41, 5.74) is 17.0.